The number of hydrogen-bond donors (Lipinski definition) is 1. The van der Waals surface area contributed by atoms with Gasteiger partial charge in [-0.25, -0.2) is 4.98 Å². The number of nitrogens with one attached hydrogen (secondary N) is 1. The Kier molecular flexibility index (Phi) is 5.54. The highest BCUT2D eigenvalue weighted by Gasteiger charge is 2.18. The number of aromatic nitrogens is 1. The Hall–Kier alpha value is -2.83. The zero-order chi connectivity index (χ0) is 21.4. The van der Waals surface area contributed by atoms with E-state index < -0.39 is 0 Å². The fourth-order valence-corrected chi connectivity index (χ4v) is 4.01. The van der Waals surface area contributed by atoms with Gasteiger partial charge in [0.1, 0.15) is 11.3 Å². The molecule has 0 saturated carbocycles. The first-order chi connectivity index (χ1) is 14.4. The molecule has 1 N–H and O–H groups in total. The summed E-state index contributed by atoms with van der Waals surface area (Å²) in [6, 6.07) is 14.7. The van der Waals surface area contributed by atoms with Gasteiger partial charge in [-0.1, -0.05) is 33.6 Å². The minimum absolute atomic E-state index is 0.330. The van der Waals surface area contributed by atoms with E-state index in [1.54, 1.807) is 24.3 Å². The molecule has 0 atom stereocenters. The molecule has 1 amide bonds. The van der Waals surface area contributed by atoms with Crippen LogP contribution in [0.4, 0.5) is 5.69 Å². The summed E-state index contributed by atoms with van der Waals surface area (Å²) in [4.78, 5) is 17.5. The van der Waals surface area contributed by atoms with E-state index >= 15 is 0 Å². The summed E-state index contributed by atoms with van der Waals surface area (Å²) in [5, 5.41) is 3.27. The number of fused-ring (bicyclic) bond motifs is 1. The molecule has 4 rings (SSSR count). The van der Waals surface area contributed by atoms with Gasteiger partial charge in [0.25, 0.3) is 5.91 Å². The number of oxazole rings is 1. The lowest BCUT2D eigenvalue weighted by molar-refractivity contribution is 0.102. The molecule has 152 valence electrons. The van der Waals surface area contributed by atoms with Crippen LogP contribution in [0.5, 0.6) is 5.75 Å². The fourth-order valence-electron chi connectivity index (χ4n) is 3.27. The van der Waals surface area contributed by atoms with E-state index in [1.807, 2.05) is 38.1 Å². The summed E-state index contributed by atoms with van der Waals surface area (Å²) in [6.07, 6.45) is 0. The zero-order valence-corrected chi connectivity index (χ0v) is 18.9. The Morgan fingerprint density at radius 1 is 1.13 bits per heavy atom. The Labute approximate surface area is 187 Å². The number of carbonyl (C=O) groups excluding carboxylic acids is 1. The number of rotatable bonds is 4. The summed E-state index contributed by atoms with van der Waals surface area (Å²) < 4.78 is 12.1. The summed E-state index contributed by atoms with van der Waals surface area (Å²) in [5.41, 5.74) is 5.00. The minimum Gasteiger partial charge on any atom is -0.496 e. The number of carbonyl (C=O) groups is 1. The van der Waals surface area contributed by atoms with Crippen LogP contribution in [-0.2, 0) is 0 Å². The molecule has 0 aliphatic heterocycles. The monoisotopic (exact) mass is 484 g/mol. The van der Waals surface area contributed by atoms with Crippen molar-refractivity contribution < 1.29 is 13.9 Å². The number of halogens is 2. The number of amides is 1. The Balaban J connectivity index is 1.69. The van der Waals surface area contributed by atoms with Crippen LogP contribution in [0.2, 0.25) is 5.02 Å². The molecule has 0 spiro atoms. The lowest BCUT2D eigenvalue weighted by Crippen LogP contribution is -2.14. The van der Waals surface area contributed by atoms with E-state index in [4.69, 9.17) is 20.8 Å². The second-order valence-corrected chi connectivity index (χ2v) is 8.27. The maximum Gasteiger partial charge on any atom is 0.259 e. The number of aryl methyl sites for hydroxylation is 2. The zero-order valence-electron chi connectivity index (χ0n) is 16.5. The van der Waals surface area contributed by atoms with Gasteiger partial charge in [0.05, 0.1) is 23.4 Å². The van der Waals surface area contributed by atoms with Crippen LogP contribution in [0.3, 0.4) is 0 Å². The lowest BCUT2D eigenvalue weighted by atomic mass is 10.1. The van der Waals surface area contributed by atoms with E-state index in [-0.39, 0.29) is 5.91 Å². The average Bonchev–Trinajstić information content (AvgIpc) is 3.12. The smallest absolute Gasteiger partial charge is 0.259 e. The molecule has 5 nitrogen and oxygen atoms in total. The summed E-state index contributed by atoms with van der Waals surface area (Å²) in [6.45, 7) is 3.88. The molecule has 1 heterocycles. The van der Waals surface area contributed by atoms with Crippen molar-refractivity contribution in [2.75, 3.05) is 12.4 Å². The third-order valence-corrected chi connectivity index (χ3v) is 5.48. The Bertz CT molecular complexity index is 1280. The van der Waals surface area contributed by atoms with Gasteiger partial charge in [0.15, 0.2) is 5.58 Å². The minimum atomic E-state index is -0.330. The lowest BCUT2D eigenvalue weighted by Gasteiger charge is -2.13. The van der Waals surface area contributed by atoms with Crippen LogP contribution < -0.4 is 10.1 Å². The van der Waals surface area contributed by atoms with E-state index in [0.717, 1.165) is 21.1 Å². The predicted octanol–water partition coefficient (Wildman–Crippen LogP) is 6.79. The number of anilines is 1. The highest BCUT2D eigenvalue weighted by Crippen LogP contribution is 2.33. The molecule has 7 heteroatoms. The molecule has 4 aromatic rings. The normalized spacial score (nSPS) is 11.0. The average molecular weight is 486 g/mol. The SMILES string of the molecule is COc1c(C)cc(Br)cc1C(=O)Nc1cc(-c2nc3cc(C)ccc3o2)ccc1Cl. The van der Waals surface area contributed by atoms with Gasteiger partial charge in [0.2, 0.25) is 5.89 Å². The molecule has 30 heavy (non-hydrogen) atoms. The van der Waals surface area contributed by atoms with Crippen LogP contribution in [0.1, 0.15) is 21.5 Å². The first kappa shape index (κ1) is 20.4. The third kappa shape index (κ3) is 3.93. The highest BCUT2D eigenvalue weighted by molar-refractivity contribution is 9.10. The van der Waals surface area contributed by atoms with Gasteiger partial charge in [-0.3, -0.25) is 4.79 Å². The molecule has 0 fully saturated rings. The molecule has 0 aliphatic carbocycles. The van der Waals surface area contributed by atoms with Crippen molar-refractivity contribution in [3.8, 4) is 17.2 Å². The number of benzene rings is 3. The number of methoxy groups -OCH3 is 1. The van der Waals surface area contributed by atoms with Crippen molar-refractivity contribution >= 4 is 50.2 Å². The van der Waals surface area contributed by atoms with Crippen LogP contribution in [0, 0.1) is 13.8 Å². The number of nitrogens with zero attached hydrogens (tertiary/aromatic N) is 1. The highest BCUT2D eigenvalue weighted by atomic mass is 79.9. The second kappa shape index (κ2) is 8.13. The van der Waals surface area contributed by atoms with Gasteiger partial charge in [0, 0.05) is 10.0 Å². The van der Waals surface area contributed by atoms with Gasteiger partial charge >= 0.3 is 0 Å². The van der Waals surface area contributed by atoms with E-state index in [0.29, 0.717) is 39.1 Å². The molecule has 0 saturated heterocycles. The van der Waals surface area contributed by atoms with E-state index in [2.05, 4.69) is 26.2 Å². The van der Waals surface area contributed by atoms with Gasteiger partial charge in [-0.15, -0.1) is 0 Å². The third-order valence-electron chi connectivity index (χ3n) is 4.69. The van der Waals surface area contributed by atoms with Crippen LogP contribution in [0.15, 0.2) is 57.4 Å². The van der Waals surface area contributed by atoms with E-state index in [9.17, 15) is 4.79 Å². The number of hydrogen-bond acceptors (Lipinski definition) is 4. The Morgan fingerprint density at radius 3 is 2.70 bits per heavy atom. The van der Waals surface area contributed by atoms with Gasteiger partial charge < -0.3 is 14.5 Å². The quantitative estimate of drug-likeness (QED) is 0.346. The maximum absolute atomic E-state index is 13.0. The van der Waals surface area contributed by atoms with Crippen LogP contribution in [-0.4, -0.2) is 18.0 Å². The van der Waals surface area contributed by atoms with Gasteiger partial charge in [-0.05, 0) is 67.4 Å². The molecular formula is C23H18BrClN2O3. The summed E-state index contributed by atoms with van der Waals surface area (Å²) in [5.74, 6) is 0.638. The summed E-state index contributed by atoms with van der Waals surface area (Å²) in [7, 11) is 1.54. The predicted molar refractivity (Wildman–Crippen MR) is 123 cm³/mol. The molecule has 0 bridgehead atoms. The number of ether oxygens (including phenoxy) is 1. The summed E-state index contributed by atoms with van der Waals surface area (Å²) >= 11 is 9.77. The fraction of sp³-hybridized carbons (Fsp3) is 0.130. The molecule has 3 aromatic carbocycles. The van der Waals surface area contributed by atoms with Crippen molar-refractivity contribution in [2.45, 2.75) is 13.8 Å². The van der Waals surface area contributed by atoms with Crippen molar-refractivity contribution in [2.24, 2.45) is 0 Å². The van der Waals surface area contributed by atoms with E-state index in [1.165, 1.54) is 7.11 Å². The molecule has 1 aromatic heterocycles. The Morgan fingerprint density at radius 2 is 1.93 bits per heavy atom. The van der Waals surface area contributed by atoms with Gasteiger partial charge in [-0.2, -0.15) is 0 Å². The molecule has 0 unspecified atom stereocenters. The van der Waals surface area contributed by atoms with Crippen molar-refractivity contribution in [1.82, 2.24) is 4.98 Å². The molecule has 0 aliphatic rings. The van der Waals surface area contributed by atoms with Crippen molar-refractivity contribution in [3.05, 3.63) is 74.7 Å². The molecular weight excluding hydrogens is 468 g/mol. The van der Waals surface area contributed by atoms with Crippen molar-refractivity contribution in [1.29, 1.82) is 0 Å². The standard InChI is InChI=1S/C23H18BrClN2O3/c1-12-4-7-20-19(8-12)27-23(30-20)14-5-6-17(25)18(10-14)26-22(28)16-11-15(24)9-13(2)21(16)29-3/h4-11H,1-3H3,(H,26,28). The molecule has 0 radical (unpaired) electrons. The largest absolute Gasteiger partial charge is 0.496 e. The van der Waals surface area contributed by atoms with Crippen LogP contribution in [0.25, 0.3) is 22.6 Å². The van der Waals surface area contributed by atoms with Crippen LogP contribution >= 0.6 is 27.5 Å². The van der Waals surface area contributed by atoms with Crippen molar-refractivity contribution in [3.63, 3.8) is 0 Å². The maximum atomic E-state index is 13.0. The second-order valence-electron chi connectivity index (χ2n) is 6.94. The topological polar surface area (TPSA) is 64.4 Å². The first-order valence-electron chi connectivity index (χ1n) is 9.18. The first-order valence-corrected chi connectivity index (χ1v) is 10.4.